The van der Waals surface area contributed by atoms with E-state index >= 15 is 0 Å². The number of hydrogen-bond acceptors (Lipinski definition) is 2. The van der Waals surface area contributed by atoms with Crippen molar-refractivity contribution in [2.24, 2.45) is 0 Å². The summed E-state index contributed by atoms with van der Waals surface area (Å²) in [6.07, 6.45) is 5.38. The molecule has 0 fully saturated rings. The standard InChI is InChI=1S/C18H10N2.Y/c1-2-4-18-17(3-1)16(8-10-20-18)14-5-6-15-12-19-9-7-13(15)11-14;/h1-4,6-7,9-12H;/q-2;. The first-order chi connectivity index (χ1) is 9.92. The van der Waals surface area contributed by atoms with E-state index in [4.69, 9.17) is 0 Å². The molecule has 4 aromatic rings. The molecule has 0 unspecified atom stereocenters. The molecule has 0 N–H and O–H groups in total. The quantitative estimate of drug-likeness (QED) is 0.488. The zero-order chi connectivity index (χ0) is 13.4. The Kier molecular flexibility index (Phi) is 4.09. The van der Waals surface area contributed by atoms with Crippen molar-refractivity contribution < 1.29 is 32.7 Å². The van der Waals surface area contributed by atoms with Gasteiger partial charge in [0.15, 0.2) is 0 Å². The molecule has 2 aromatic carbocycles. The number of aromatic nitrogens is 2. The Labute approximate surface area is 148 Å². The molecule has 0 saturated carbocycles. The van der Waals surface area contributed by atoms with Crippen LogP contribution in [-0.4, -0.2) is 9.97 Å². The largest absolute Gasteiger partial charge is 0.285 e. The van der Waals surface area contributed by atoms with Gasteiger partial charge in [0.1, 0.15) is 0 Å². The van der Waals surface area contributed by atoms with Crippen LogP contribution in [0.4, 0.5) is 0 Å². The Hall–Kier alpha value is -1.64. The van der Waals surface area contributed by atoms with Crippen molar-refractivity contribution in [3.8, 4) is 11.1 Å². The van der Waals surface area contributed by atoms with Crippen LogP contribution in [0.25, 0.3) is 32.8 Å². The number of rotatable bonds is 1. The van der Waals surface area contributed by atoms with E-state index in [1.165, 1.54) is 0 Å². The summed E-state index contributed by atoms with van der Waals surface area (Å²) in [5.41, 5.74) is 3.04. The van der Waals surface area contributed by atoms with Crippen molar-refractivity contribution in [3.63, 3.8) is 0 Å². The molecule has 21 heavy (non-hydrogen) atoms. The van der Waals surface area contributed by atoms with Gasteiger partial charge in [-0.15, -0.1) is 16.8 Å². The predicted octanol–water partition coefficient (Wildman–Crippen LogP) is 4.05. The molecule has 97 valence electrons. The van der Waals surface area contributed by atoms with Crippen molar-refractivity contribution >= 4 is 21.7 Å². The number of benzene rings is 2. The molecular formula is C18H10N2Y-2. The zero-order valence-corrected chi connectivity index (χ0v) is 14.1. The Bertz CT molecular complexity index is 913. The van der Waals surface area contributed by atoms with Gasteiger partial charge in [-0.1, -0.05) is 23.6 Å². The number of nitrogens with zero attached hydrogens (tertiary/aromatic N) is 2. The summed E-state index contributed by atoms with van der Waals surface area (Å²) in [5.74, 6) is 0. The van der Waals surface area contributed by atoms with Crippen LogP contribution in [0.1, 0.15) is 0 Å². The van der Waals surface area contributed by atoms with Crippen molar-refractivity contribution in [3.05, 3.63) is 73.2 Å². The summed E-state index contributed by atoms with van der Waals surface area (Å²) < 4.78 is 0. The molecule has 0 aliphatic rings. The molecule has 0 aliphatic heterocycles. The summed E-state index contributed by atoms with van der Waals surface area (Å²) in [6.45, 7) is 0. The van der Waals surface area contributed by atoms with Crippen molar-refractivity contribution in [1.29, 1.82) is 0 Å². The molecule has 0 spiro atoms. The fourth-order valence-corrected chi connectivity index (χ4v) is 2.43. The van der Waals surface area contributed by atoms with E-state index in [9.17, 15) is 0 Å². The van der Waals surface area contributed by atoms with E-state index in [1.807, 2.05) is 36.5 Å². The average Bonchev–Trinajstić information content (AvgIpc) is 2.54. The monoisotopic (exact) mass is 343 g/mol. The van der Waals surface area contributed by atoms with E-state index in [0.29, 0.717) is 0 Å². The third-order valence-corrected chi connectivity index (χ3v) is 3.43. The van der Waals surface area contributed by atoms with Crippen molar-refractivity contribution in [1.82, 2.24) is 9.97 Å². The smallest absolute Gasteiger partial charge is 0.0248 e. The second-order valence-electron chi connectivity index (χ2n) is 4.65. The van der Waals surface area contributed by atoms with Gasteiger partial charge >= 0.3 is 0 Å². The van der Waals surface area contributed by atoms with Crippen molar-refractivity contribution in [2.75, 3.05) is 0 Å². The number of pyridine rings is 2. The van der Waals surface area contributed by atoms with Gasteiger partial charge in [-0.25, -0.2) is 12.1 Å². The Morgan fingerprint density at radius 3 is 2.81 bits per heavy atom. The normalized spacial score (nSPS) is 10.5. The fraction of sp³-hybridized carbons (Fsp3) is 0. The first-order valence-corrected chi connectivity index (χ1v) is 6.43. The number of hydrogen-bond donors (Lipinski definition) is 0. The van der Waals surface area contributed by atoms with Crippen LogP contribution in [0.5, 0.6) is 0 Å². The molecule has 1 radical (unpaired) electrons. The maximum atomic E-state index is 4.35. The Morgan fingerprint density at radius 1 is 0.952 bits per heavy atom. The molecule has 4 rings (SSSR count). The Balaban J connectivity index is 0.00000132. The van der Waals surface area contributed by atoms with E-state index < -0.39 is 0 Å². The third kappa shape index (κ3) is 2.62. The molecule has 0 atom stereocenters. The van der Waals surface area contributed by atoms with Gasteiger partial charge in [-0.3, -0.25) is 21.1 Å². The number of para-hydroxylation sites is 1. The van der Waals surface area contributed by atoms with Crippen LogP contribution in [0.15, 0.2) is 61.1 Å². The first kappa shape index (κ1) is 14.3. The summed E-state index contributed by atoms with van der Waals surface area (Å²) in [7, 11) is 0. The van der Waals surface area contributed by atoms with Crippen LogP contribution in [0, 0.1) is 12.1 Å². The van der Waals surface area contributed by atoms with Gasteiger partial charge in [0.25, 0.3) is 0 Å². The van der Waals surface area contributed by atoms with Crippen molar-refractivity contribution in [2.45, 2.75) is 0 Å². The molecule has 0 bridgehead atoms. The molecule has 2 aromatic heterocycles. The number of fused-ring (bicyclic) bond motifs is 2. The molecule has 0 saturated heterocycles. The second kappa shape index (κ2) is 6.01. The summed E-state index contributed by atoms with van der Waals surface area (Å²) in [4.78, 5) is 8.48. The van der Waals surface area contributed by atoms with Gasteiger partial charge in [0.05, 0.1) is 0 Å². The van der Waals surface area contributed by atoms with Crippen LogP contribution < -0.4 is 0 Å². The SMILES string of the molecule is [Y].[c-]1cc2cnccc2cc1-c1[c-]cnc2ccccc12. The topological polar surface area (TPSA) is 25.8 Å². The molecule has 2 heterocycles. The third-order valence-electron chi connectivity index (χ3n) is 3.43. The maximum absolute atomic E-state index is 4.35. The van der Waals surface area contributed by atoms with E-state index in [-0.39, 0.29) is 32.7 Å². The minimum atomic E-state index is 0. The maximum Gasteiger partial charge on any atom is 0.0248 e. The summed E-state index contributed by atoms with van der Waals surface area (Å²) in [5, 5.41) is 3.34. The molecule has 0 amide bonds. The van der Waals surface area contributed by atoms with Gasteiger partial charge in [0.2, 0.25) is 0 Å². The first-order valence-electron chi connectivity index (χ1n) is 6.43. The zero-order valence-electron chi connectivity index (χ0n) is 11.2. The van der Waals surface area contributed by atoms with E-state index in [0.717, 1.165) is 32.8 Å². The Morgan fingerprint density at radius 2 is 1.86 bits per heavy atom. The molecular weight excluding hydrogens is 333 g/mol. The minimum absolute atomic E-state index is 0. The predicted molar refractivity (Wildman–Crippen MR) is 80.2 cm³/mol. The van der Waals surface area contributed by atoms with E-state index in [1.54, 1.807) is 12.4 Å². The van der Waals surface area contributed by atoms with Crippen LogP contribution in [0.2, 0.25) is 0 Å². The van der Waals surface area contributed by atoms with Gasteiger partial charge in [0, 0.05) is 44.4 Å². The minimum Gasteiger partial charge on any atom is -0.285 e. The molecule has 0 aliphatic carbocycles. The van der Waals surface area contributed by atoms with Crippen LogP contribution in [0.3, 0.4) is 0 Å². The van der Waals surface area contributed by atoms with Crippen LogP contribution >= 0.6 is 0 Å². The van der Waals surface area contributed by atoms with Gasteiger partial charge in [-0.2, -0.15) is 12.1 Å². The molecule has 2 nitrogen and oxygen atoms in total. The second-order valence-corrected chi connectivity index (χ2v) is 4.65. The van der Waals surface area contributed by atoms with Gasteiger partial charge in [-0.05, 0) is 18.5 Å². The average molecular weight is 343 g/mol. The molecule has 3 heteroatoms. The van der Waals surface area contributed by atoms with E-state index in [2.05, 4.69) is 34.2 Å². The van der Waals surface area contributed by atoms with Crippen LogP contribution in [-0.2, 0) is 32.7 Å². The fourth-order valence-electron chi connectivity index (χ4n) is 2.43. The summed E-state index contributed by atoms with van der Waals surface area (Å²) in [6, 6.07) is 20.8. The summed E-state index contributed by atoms with van der Waals surface area (Å²) >= 11 is 0. The van der Waals surface area contributed by atoms with Gasteiger partial charge < -0.3 is 0 Å².